The van der Waals surface area contributed by atoms with Crippen LogP contribution in [0.2, 0.25) is 5.28 Å². The van der Waals surface area contributed by atoms with Crippen molar-refractivity contribution >= 4 is 33.4 Å². The van der Waals surface area contributed by atoms with Gasteiger partial charge in [0, 0.05) is 21.9 Å². The van der Waals surface area contributed by atoms with Gasteiger partial charge in [-0.1, -0.05) is 43.8 Å². The smallest absolute Gasteiger partial charge is 0.309 e. The number of halogens is 4. The predicted molar refractivity (Wildman–Crippen MR) is 195 cm³/mol. The van der Waals surface area contributed by atoms with Gasteiger partial charge < -0.3 is 9.47 Å². The van der Waals surface area contributed by atoms with Crippen LogP contribution in [0.4, 0.5) is 13.2 Å². The number of hydrogen-bond acceptors (Lipinski definition) is 6. The quantitative estimate of drug-likeness (QED) is 0.161. The maximum atomic E-state index is 13.7. The molecule has 6 aromatic carbocycles. The fourth-order valence-corrected chi connectivity index (χ4v) is 5.35. The normalized spacial score (nSPS) is 10.6. The van der Waals surface area contributed by atoms with Gasteiger partial charge in [-0.15, -0.1) is 0 Å². The van der Waals surface area contributed by atoms with E-state index >= 15 is 0 Å². The molecule has 0 radical (unpaired) electrons. The second kappa shape index (κ2) is 15.5. The number of fused-ring (bicyclic) bond motifs is 2. The minimum Gasteiger partial charge on any atom is -0.457 e. The van der Waals surface area contributed by atoms with Crippen LogP contribution in [0, 0.1) is 17.7 Å². The maximum absolute atomic E-state index is 13.7. The first-order chi connectivity index (χ1) is 24.4. The molecule has 0 saturated carbocycles. The summed E-state index contributed by atoms with van der Waals surface area (Å²) >= 11 is 6.05. The fourth-order valence-electron chi connectivity index (χ4n) is 5.18. The van der Waals surface area contributed by atoms with Gasteiger partial charge in [0.1, 0.15) is 34.6 Å². The van der Waals surface area contributed by atoms with E-state index in [-0.39, 0.29) is 24.3 Å². The zero-order valence-corrected chi connectivity index (χ0v) is 26.7. The van der Waals surface area contributed by atoms with Crippen LogP contribution in [0.5, 0.6) is 23.0 Å². The number of ether oxygens (including phenoxy) is 2. The van der Waals surface area contributed by atoms with Crippen LogP contribution in [-0.4, -0.2) is 19.9 Å². The molecule has 0 saturated heterocycles. The Morgan fingerprint density at radius 1 is 0.412 bits per heavy atom. The van der Waals surface area contributed by atoms with E-state index in [1.165, 1.54) is 24.3 Å². The van der Waals surface area contributed by atoms with Gasteiger partial charge in [0.2, 0.25) is 5.28 Å². The Morgan fingerprint density at radius 2 is 0.784 bits per heavy atom. The Morgan fingerprint density at radius 3 is 1.24 bits per heavy atom. The summed E-state index contributed by atoms with van der Waals surface area (Å²) in [4.78, 5) is 16.4. The van der Waals surface area contributed by atoms with Crippen molar-refractivity contribution in [1.82, 2.24) is 19.9 Å². The van der Waals surface area contributed by atoms with Crippen LogP contribution in [0.1, 0.15) is 7.43 Å². The van der Waals surface area contributed by atoms with Crippen LogP contribution < -0.4 is 9.47 Å². The molecule has 2 aromatic heterocycles. The van der Waals surface area contributed by atoms with E-state index in [2.05, 4.69) is 19.9 Å². The first-order valence-electron chi connectivity index (χ1n) is 15.3. The van der Waals surface area contributed by atoms with Crippen LogP contribution in [0.25, 0.3) is 44.3 Å². The second-order valence-electron chi connectivity index (χ2n) is 10.9. The van der Waals surface area contributed by atoms with Crippen LogP contribution in [0.15, 0.2) is 146 Å². The van der Waals surface area contributed by atoms with E-state index in [4.69, 9.17) is 21.1 Å². The molecule has 252 valence electrons. The highest BCUT2D eigenvalue weighted by Crippen LogP contribution is 2.31. The van der Waals surface area contributed by atoms with Crippen molar-refractivity contribution in [2.75, 3.05) is 0 Å². The first-order valence-corrected chi connectivity index (χ1v) is 15.7. The highest BCUT2D eigenvalue weighted by molar-refractivity contribution is 6.28. The third-order valence-corrected chi connectivity index (χ3v) is 7.68. The van der Waals surface area contributed by atoms with Gasteiger partial charge in [0.15, 0.2) is 0 Å². The Bertz CT molecular complexity index is 2240. The number of para-hydroxylation sites is 2. The molecule has 0 atom stereocenters. The minimum atomic E-state index is -0.764. The molecule has 8 aromatic rings. The molecule has 10 heteroatoms. The molecule has 0 unspecified atom stereocenters. The highest BCUT2D eigenvalue weighted by Gasteiger charge is 2.11. The molecule has 51 heavy (non-hydrogen) atoms. The van der Waals surface area contributed by atoms with Crippen LogP contribution >= 0.6 is 11.6 Å². The van der Waals surface area contributed by atoms with Crippen molar-refractivity contribution < 1.29 is 22.6 Å². The van der Waals surface area contributed by atoms with Crippen LogP contribution in [-0.2, 0) is 0 Å². The molecular formula is C41H28ClF3N4O2. The van der Waals surface area contributed by atoms with E-state index in [9.17, 15) is 13.2 Å². The highest BCUT2D eigenvalue weighted by atomic mass is 35.5. The van der Waals surface area contributed by atoms with E-state index in [1.807, 2.05) is 60.7 Å². The largest absolute Gasteiger partial charge is 0.457 e. The Kier molecular flexibility index (Phi) is 10.5. The molecule has 0 spiro atoms. The number of nitrogens with zero attached hydrogens (tertiary/aromatic N) is 4. The zero-order valence-electron chi connectivity index (χ0n) is 26.0. The topological polar surface area (TPSA) is 70.0 Å². The molecule has 8 rings (SSSR count). The minimum absolute atomic E-state index is 0. The summed E-state index contributed by atoms with van der Waals surface area (Å²) in [5, 5.41) is 1.91. The molecule has 0 amide bonds. The van der Waals surface area contributed by atoms with Gasteiger partial charge in [-0.2, -0.15) is 4.39 Å². The molecule has 0 aliphatic rings. The van der Waals surface area contributed by atoms with Crippen molar-refractivity contribution in [1.29, 1.82) is 0 Å². The molecule has 0 aliphatic heterocycles. The van der Waals surface area contributed by atoms with Gasteiger partial charge in [0.25, 0.3) is 0 Å². The lowest BCUT2D eigenvalue weighted by atomic mass is 10.1. The Balaban J connectivity index is 0.000000172. The van der Waals surface area contributed by atoms with Gasteiger partial charge in [-0.25, -0.2) is 28.7 Å². The standard InChI is InChI=1S/C20H12ClFN2O.C20H12F2N2O.CH4/c21-20-23-18-4-2-1-3-17(18)19(24-20)13-5-9-15(10-6-13)25-16-11-7-14(22)8-12-16;21-14-7-11-16(12-8-14)25-15-9-5-13(6-10-15)19-17-3-1-2-4-18(17)23-20(22)24-19;/h2*1-12H;1H4. The van der Waals surface area contributed by atoms with Crippen molar-refractivity contribution in [3.8, 4) is 45.5 Å². The lowest BCUT2D eigenvalue weighted by molar-refractivity contribution is 0.480. The van der Waals surface area contributed by atoms with Gasteiger partial charge in [-0.3, -0.25) is 0 Å². The molecular weight excluding hydrogens is 673 g/mol. The van der Waals surface area contributed by atoms with E-state index in [1.54, 1.807) is 60.7 Å². The Labute approximate surface area is 296 Å². The molecule has 2 heterocycles. The number of benzene rings is 6. The lowest BCUT2D eigenvalue weighted by Crippen LogP contribution is -1.95. The zero-order chi connectivity index (χ0) is 34.5. The SMILES string of the molecule is C.Fc1ccc(Oc2ccc(-c3nc(Cl)nc4ccccc34)cc2)cc1.Fc1ccc(Oc2ccc(-c3nc(F)nc4ccccc34)cc2)cc1. The fraction of sp³-hybridized carbons (Fsp3) is 0.0244. The molecule has 6 nitrogen and oxygen atoms in total. The number of hydrogen-bond donors (Lipinski definition) is 0. The lowest BCUT2D eigenvalue weighted by Gasteiger charge is -2.08. The molecule has 0 bridgehead atoms. The summed E-state index contributed by atoms with van der Waals surface area (Å²) in [6.45, 7) is 0. The summed E-state index contributed by atoms with van der Waals surface area (Å²) < 4.78 is 51.0. The van der Waals surface area contributed by atoms with Crippen molar-refractivity contribution in [2.24, 2.45) is 0 Å². The van der Waals surface area contributed by atoms with E-state index < -0.39 is 6.08 Å². The maximum Gasteiger partial charge on any atom is 0.309 e. The first kappa shape index (κ1) is 34.5. The monoisotopic (exact) mass is 700 g/mol. The summed E-state index contributed by atoms with van der Waals surface area (Å²) in [7, 11) is 0. The van der Waals surface area contributed by atoms with Gasteiger partial charge in [0.05, 0.1) is 22.4 Å². The molecule has 0 aliphatic carbocycles. The third kappa shape index (κ3) is 8.29. The predicted octanol–water partition coefficient (Wildman–Crippen LogP) is 11.9. The summed E-state index contributed by atoms with van der Waals surface area (Å²) in [5.74, 6) is 1.74. The average molecular weight is 701 g/mol. The van der Waals surface area contributed by atoms with Crippen molar-refractivity contribution in [3.63, 3.8) is 0 Å². The number of aromatic nitrogens is 4. The summed E-state index contributed by atoms with van der Waals surface area (Å²) in [6.07, 6.45) is -0.764. The van der Waals surface area contributed by atoms with Gasteiger partial charge in [-0.05, 0) is 121 Å². The third-order valence-electron chi connectivity index (χ3n) is 7.51. The molecule has 0 N–H and O–H groups in total. The van der Waals surface area contributed by atoms with E-state index in [0.29, 0.717) is 34.2 Å². The summed E-state index contributed by atoms with van der Waals surface area (Å²) in [5.41, 5.74) is 4.30. The Hall–Kier alpha value is -6.32. The molecule has 0 fully saturated rings. The average Bonchev–Trinajstić information content (AvgIpc) is 3.14. The number of rotatable bonds is 6. The van der Waals surface area contributed by atoms with E-state index in [0.717, 1.165) is 33.1 Å². The van der Waals surface area contributed by atoms with Crippen LogP contribution in [0.3, 0.4) is 0 Å². The second-order valence-corrected chi connectivity index (χ2v) is 11.2. The van der Waals surface area contributed by atoms with Crippen molar-refractivity contribution in [3.05, 3.63) is 169 Å². The van der Waals surface area contributed by atoms with Crippen molar-refractivity contribution in [2.45, 2.75) is 7.43 Å². The van der Waals surface area contributed by atoms with Gasteiger partial charge >= 0.3 is 6.08 Å². The summed E-state index contributed by atoms with van der Waals surface area (Å²) in [6, 6.07) is 41.2.